The van der Waals surface area contributed by atoms with Gasteiger partial charge in [0.15, 0.2) is 0 Å². The minimum Gasteiger partial charge on any atom is -0.481 e. The number of methoxy groups -OCH3 is 1. The first-order valence-electron chi connectivity index (χ1n) is 8.32. The van der Waals surface area contributed by atoms with Gasteiger partial charge in [0, 0.05) is 23.8 Å². The standard InChI is InChI=1S/C18H19N3O5S2/c1-3-20-27(22,23)15-5-7-16(8-6-15)28(24,25)21-14-4-9-17-13(12-14)10-11-19-18(17)26-2/h4-12,20-21H,3H2,1-2H3. The van der Waals surface area contributed by atoms with Gasteiger partial charge in [0.2, 0.25) is 15.9 Å². The van der Waals surface area contributed by atoms with Gasteiger partial charge in [0.1, 0.15) is 0 Å². The van der Waals surface area contributed by atoms with Crippen molar-refractivity contribution < 1.29 is 21.6 Å². The number of nitrogens with one attached hydrogen (secondary N) is 2. The molecule has 10 heteroatoms. The summed E-state index contributed by atoms with van der Waals surface area (Å²) in [6.07, 6.45) is 1.57. The molecule has 0 atom stereocenters. The Labute approximate surface area is 163 Å². The van der Waals surface area contributed by atoms with Crippen LogP contribution in [0, 0.1) is 0 Å². The van der Waals surface area contributed by atoms with Crippen LogP contribution in [-0.4, -0.2) is 35.5 Å². The zero-order chi connectivity index (χ0) is 20.4. The van der Waals surface area contributed by atoms with E-state index in [0.717, 1.165) is 10.8 Å². The summed E-state index contributed by atoms with van der Waals surface area (Å²) in [5.74, 6) is 0.449. The van der Waals surface area contributed by atoms with Gasteiger partial charge in [-0.25, -0.2) is 26.5 Å². The first kappa shape index (κ1) is 20.1. The molecule has 0 aliphatic carbocycles. The maximum absolute atomic E-state index is 12.6. The van der Waals surface area contributed by atoms with Crippen molar-refractivity contribution in [2.45, 2.75) is 16.7 Å². The topological polar surface area (TPSA) is 114 Å². The number of ether oxygens (including phenoxy) is 1. The minimum atomic E-state index is -3.88. The number of fused-ring (bicyclic) bond motifs is 1. The largest absolute Gasteiger partial charge is 0.481 e. The van der Waals surface area contributed by atoms with Crippen LogP contribution >= 0.6 is 0 Å². The molecule has 0 bridgehead atoms. The van der Waals surface area contributed by atoms with Crippen LogP contribution in [0.2, 0.25) is 0 Å². The van der Waals surface area contributed by atoms with Crippen LogP contribution in [0.5, 0.6) is 5.88 Å². The zero-order valence-corrected chi connectivity index (χ0v) is 16.8. The van der Waals surface area contributed by atoms with Gasteiger partial charge in [-0.1, -0.05) is 6.92 Å². The Morgan fingerprint density at radius 1 is 0.929 bits per heavy atom. The third kappa shape index (κ3) is 4.08. The SMILES string of the molecule is CCNS(=O)(=O)c1ccc(S(=O)(=O)Nc2ccc3c(OC)nccc3c2)cc1. The molecular formula is C18H19N3O5S2. The molecule has 2 aromatic carbocycles. The monoisotopic (exact) mass is 421 g/mol. The molecule has 28 heavy (non-hydrogen) atoms. The summed E-state index contributed by atoms with van der Waals surface area (Å²) in [5.41, 5.74) is 0.366. The molecule has 2 N–H and O–H groups in total. The van der Waals surface area contributed by atoms with Crippen LogP contribution in [0.1, 0.15) is 6.92 Å². The highest BCUT2D eigenvalue weighted by atomic mass is 32.2. The number of benzene rings is 2. The Balaban J connectivity index is 1.89. The summed E-state index contributed by atoms with van der Waals surface area (Å²) in [6, 6.07) is 11.7. The minimum absolute atomic E-state index is 0.00130. The molecule has 0 saturated carbocycles. The number of aromatic nitrogens is 1. The van der Waals surface area contributed by atoms with Crippen LogP contribution in [-0.2, 0) is 20.0 Å². The maximum atomic E-state index is 12.6. The summed E-state index contributed by atoms with van der Waals surface area (Å²) in [5, 5.41) is 1.52. The van der Waals surface area contributed by atoms with Gasteiger partial charge in [-0.05, 0) is 53.9 Å². The fraction of sp³-hybridized carbons (Fsp3) is 0.167. The quantitative estimate of drug-likeness (QED) is 0.605. The van der Waals surface area contributed by atoms with Crippen molar-refractivity contribution in [3.05, 3.63) is 54.7 Å². The second kappa shape index (κ2) is 7.74. The normalized spacial score (nSPS) is 12.1. The fourth-order valence-electron chi connectivity index (χ4n) is 2.66. The van der Waals surface area contributed by atoms with Gasteiger partial charge in [0.05, 0.1) is 16.9 Å². The van der Waals surface area contributed by atoms with E-state index in [9.17, 15) is 16.8 Å². The van der Waals surface area contributed by atoms with E-state index in [-0.39, 0.29) is 16.3 Å². The predicted molar refractivity (Wildman–Crippen MR) is 106 cm³/mol. The fourth-order valence-corrected chi connectivity index (χ4v) is 4.75. The molecule has 0 saturated heterocycles. The molecule has 0 radical (unpaired) electrons. The second-order valence-electron chi connectivity index (χ2n) is 5.83. The van der Waals surface area contributed by atoms with Crippen molar-refractivity contribution in [2.24, 2.45) is 0 Å². The molecular weight excluding hydrogens is 402 g/mol. The summed E-state index contributed by atoms with van der Waals surface area (Å²) in [7, 11) is -6.02. The van der Waals surface area contributed by atoms with Crippen molar-refractivity contribution in [1.29, 1.82) is 0 Å². The average molecular weight is 422 g/mol. The lowest BCUT2D eigenvalue weighted by Crippen LogP contribution is -2.23. The van der Waals surface area contributed by atoms with Crippen LogP contribution in [0.25, 0.3) is 10.8 Å². The van der Waals surface area contributed by atoms with E-state index in [0.29, 0.717) is 11.6 Å². The molecule has 0 aliphatic heterocycles. The number of nitrogens with zero attached hydrogens (tertiary/aromatic N) is 1. The summed E-state index contributed by atoms with van der Waals surface area (Å²) in [4.78, 5) is 4.06. The number of pyridine rings is 1. The van der Waals surface area contributed by atoms with Crippen LogP contribution in [0.3, 0.4) is 0 Å². The first-order valence-corrected chi connectivity index (χ1v) is 11.3. The number of hydrogen-bond donors (Lipinski definition) is 2. The van der Waals surface area contributed by atoms with Crippen LogP contribution in [0.15, 0.2) is 64.5 Å². The van der Waals surface area contributed by atoms with E-state index < -0.39 is 20.0 Å². The van der Waals surface area contributed by atoms with Gasteiger partial charge in [-0.15, -0.1) is 0 Å². The molecule has 148 valence electrons. The Hall–Kier alpha value is -2.69. The van der Waals surface area contributed by atoms with E-state index in [1.165, 1.54) is 31.4 Å². The Kier molecular flexibility index (Phi) is 5.54. The van der Waals surface area contributed by atoms with Crippen molar-refractivity contribution >= 4 is 36.5 Å². The molecule has 0 spiro atoms. The Morgan fingerprint density at radius 2 is 1.57 bits per heavy atom. The molecule has 0 unspecified atom stereocenters. The lowest BCUT2D eigenvalue weighted by molar-refractivity contribution is 0.403. The van der Waals surface area contributed by atoms with Gasteiger partial charge in [-0.3, -0.25) is 4.72 Å². The summed E-state index contributed by atoms with van der Waals surface area (Å²) in [6.45, 7) is 1.90. The molecule has 0 fully saturated rings. The van der Waals surface area contributed by atoms with Crippen LogP contribution in [0.4, 0.5) is 5.69 Å². The molecule has 0 aliphatic rings. The lowest BCUT2D eigenvalue weighted by Gasteiger charge is -2.11. The van der Waals surface area contributed by atoms with Crippen LogP contribution < -0.4 is 14.2 Å². The summed E-state index contributed by atoms with van der Waals surface area (Å²) < 4.78 is 59.2. The van der Waals surface area contributed by atoms with Crippen molar-refractivity contribution in [3.8, 4) is 5.88 Å². The Bertz CT molecular complexity index is 1210. The van der Waals surface area contributed by atoms with E-state index in [1.54, 1.807) is 37.4 Å². The summed E-state index contributed by atoms with van der Waals surface area (Å²) >= 11 is 0. The highest BCUT2D eigenvalue weighted by Crippen LogP contribution is 2.27. The maximum Gasteiger partial charge on any atom is 0.261 e. The average Bonchev–Trinajstić information content (AvgIpc) is 2.67. The molecule has 3 rings (SSSR count). The van der Waals surface area contributed by atoms with Crippen molar-refractivity contribution in [2.75, 3.05) is 18.4 Å². The van der Waals surface area contributed by atoms with Gasteiger partial charge in [0.25, 0.3) is 10.0 Å². The van der Waals surface area contributed by atoms with E-state index in [2.05, 4.69) is 14.4 Å². The third-order valence-electron chi connectivity index (χ3n) is 3.95. The Morgan fingerprint density at radius 3 is 2.18 bits per heavy atom. The first-order chi connectivity index (χ1) is 13.3. The molecule has 1 aromatic heterocycles. The lowest BCUT2D eigenvalue weighted by atomic mass is 10.1. The molecule has 3 aromatic rings. The number of rotatable bonds is 7. The predicted octanol–water partition coefficient (Wildman–Crippen LogP) is 2.34. The second-order valence-corrected chi connectivity index (χ2v) is 9.28. The van der Waals surface area contributed by atoms with Gasteiger partial charge in [-0.2, -0.15) is 0 Å². The highest BCUT2D eigenvalue weighted by molar-refractivity contribution is 7.92. The number of hydrogen-bond acceptors (Lipinski definition) is 6. The van der Waals surface area contributed by atoms with Crippen molar-refractivity contribution in [1.82, 2.24) is 9.71 Å². The third-order valence-corrected chi connectivity index (χ3v) is 6.91. The zero-order valence-electron chi connectivity index (χ0n) is 15.2. The molecule has 0 amide bonds. The van der Waals surface area contributed by atoms with E-state index >= 15 is 0 Å². The van der Waals surface area contributed by atoms with E-state index in [1.807, 2.05) is 0 Å². The van der Waals surface area contributed by atoms with E-state index in [4.69, 9.17) is 4.74 Å². The molecule has 8 nitrogen and oxygen atoms in total. The van der Waals surface area contributed by atoms with Gasteiger partial charge < -0.3 is 4.74 Å². The smallest absolute Gasteiger partial charge is 0.261 e. The number of anilines is 1. The highest BCUT2D eigenvalue weighted by Gasteiger charge is 2.18. The number of sulfonamides is 2. The van der Waals surface area contributed by atoms with Crippen molar-refractivity contribution in [3.63, 3.8) is 0 Å². The molecule has 1 heterocycles. The van der Waals surface area contributed by atoms with Gasteiger partial charge >= 0.3 is 0 Å².